The molecule has 1 aromatic heterocycles. The molecule has 126 valence electrons. The van der Waals surface area contributed by atoms with Gasteiger partial charge in [0.05, 0.1) is 5.54 Å². The van der Waals surface area contributed by atoms with Crippen LogP contribution in [0.2, 0.25) is 0 Å². The lowest BCUT2D eigenvalue weighted by Crippen LogP contribution is -2.40. The standard InChI is InChI=1S/C18H22N4O2/c19-15(23)14-5-3-4-12(10-14)11-20-18(8-1-2-9-18)17-21-16(24-22-17)13-6-7-13/h3-5,10,13,20H,1-2,6-9,11H2,(H2,19,23). The first kappa shape index (κ1) is 15.3. The van der Waals surface area contributed by atoms with Gasteiger partial charge in [0.2, 0.25) is 11.8 Å². The fourth-order valence-electron chi connectivity index (χ4n) is 3.49. The van der Waals surface area contributed by atoms with Crippen molar-refractivity contribution in [2.75, 3.05) is 0 Å². The average molecular weight is 326 g/mol. The van der Waals surface area contributed by atoms with Crippen molar-refractivity contribution in [2.45, 2.75) is 56.5 Å². The van der Waals surface area contributed by atoms with Gasteiger partial charge in [0.25, 0.3) is 0 Å². The quantitative estimate of drug-likeness (QED) is 0.851. The van der Waals surface area contributed by atoms with Gasteiger partial charge in [0.1, 0.15) is 0 Å². The molecular weight excluding hydrogens is 304 g/mol. The highest BCUT2D eigenvalue weighted by molar-refractivity contribution is 5.92. The van der Waals surface area contributed by atoms with Crippen LogP contribution in [0.15, 0.2) is 28.8 Å². The lowest BCUT2D eigenvalue weighted by molar-refractivity contribution is 0.1000. The third-order valence-corrected chi connectivity index (χ3v) is 5.10. The Morgan fingerprint density at radius 3 is 2.83 bits per heavy atom. The highest BCUT2D eigenvalue weighted by atomic mass is 16.5. The van der Waals surface area contributed by atoms with Gasteiger partial charge in [-0.25, -0.2) is 0 Å². The Kier molecular flexibility index (Phi) is 3.84. The lowest BCUT2D eigenvalue weighted by atomic mass is 9.96. The third-order valence-electron chi connectivity index (χ3n) is 5.10. The van der Waals surface area contributed by atoms with Gasteiger partial charge in [0.15, 0.2) is 5.82 Å². The van der Waals surface area contributed by atoms with Crippen molar-refractivity contribution in [3.8, 4) is 0 Å². The van der Waals surface area contributed by atoms with Crippen molar-refractivity contribution in [3.63, 3.8) is 0 Å². The van der Waals surface area contributed by atoms with Gasteiger partial charge in [-0.1, -0.05) is 30.1 Å². The van der Waals surface area contributed by atoms with E-state index in [9.17, 15) is 4.79 Å². The molecule has 0 aliphatic heterocycles. The first-order valence-electron chi connectivity index (χ1n) is 8.64. The summed E-state index contributed by atoms with van der Waals surface area (Å²) in [6.07, 6.45) is 6.63. The maximum Gasteiger partial charge on any atom is 0.248 e. The first-order chi connectivity index (χ1) is 11.7. The molecule has 3 N–H and O–H groups in total. The summed E-state index contributed by atoms with van der Waals surface area (Å²) in [6.45, 7) is 0.647. The largest absolute Gasteiger partial charge is 0.366 e. The summed E-state index contributed by atoms with van der Waals surface area (Å²) in [5.41, 5.74) is 6.70. The van der Waals surface area contributed by atoms with Gasteiger partial charge in [-0.15, -0.1) is 0 Å². The van der Waals surface area contributed by atoms with Crippen molar-refractivity contribution < 1.29 is 9.32 Å². The van der Waals surface area contributed by atoms with Crippen molar-refractivity contribution in [3.05, 3.63) is 47.1 Å². The highest BCUT2D eigenvalue weighted by Gasteiger charge is 2.41. The van der Waals surface area contributed by atoms with Crippen molar-refractivity contribution >= 4 is 5.91 Å². The van der Waals surface area contributed by atoms with Gasteiger partial charge >= 0.3 is 0 Å². The van der Waals surface area contributed by atoms with E-state index in [2.05, 4.69) is 15.5 Å². The molecule has 6 heteroatoms. The molecule has 0 saturated heterocycles. The minimum absolute atomic E-state index is 0.223. The first-order valence-corrected chi connectivity index (χ1v) is 8.64. The molecular formula is C18H22N4O2. The van der Waals surface area contributed by atoms with E-state index in [1.807, 2.05) is 18.2 Å². The van der Waals surface area contributed by atoms with Crippen LogP contribution >= 0.6 is 0 Å². The Labute approximate surface area is 140 Å². The Balaban J connectivity index is 1.52. The van der Waals surface area contributed by atoms with E-state index >= 15 is 0 Å². The Morgan fingerprint density at radius 2 is 2.12 bits per heavy atom. The molecule has 6 nitrogen and oxygen atoms in total. The van der Waals surface area contributed by atoms with Crippen LogP contribution in [0.5, 0.6) is 0 Å². The molecule has 0 spiro atoms. The van der Waals surface area contributed by atoms with Gasteiger partial charge < -0.3 is 15.6 Å². The van der Waals surface area contributed by atoms with Gasteiger partial charge in [0, 0.05) is 18.0 Å². The zero-order chi connectivity index (χ0) is 16.6. The number of amides is 1. The van der Waals surface area contributed by atoms with Crippen LogP contribution in [-0.4, -0.2) is 16.0 Å². The molecule has 1 heterocycles. The van der Waals surface area contributed by atoms with Crippen LogP contribution in [0.4, 0.5) is 0 Å². The topological polar surface area (TPSA) is 94.0 Å². The van der Waals surface area contributed by atoms with Crippen molar-refractivity contribution in [1.82, 2.24) is 15.5 Å². The Morgan fingerprint density at radius 1 is 1.33 bits per heavy atom. The number of nitrogens with zero attached hydrogens (tertiary/aromatic N) is 2. The number of hydrogen-bond acceptors (Lipinski definition) is 5. The molecule has 0 bridgehead atoms. The molecule has 2 aliphatic rings. The molecule has 1 amide bonds. The van der Waals surface area contributed by atoms with Crippen LogP contribution in [0, 0.1) is 0 Å². The van der Waals surface area contributed by atoms with Gasteiger partial charge in [-0.2, -0.15) is 4.98 Å². The van der Waals surface area contributed by atoms with E-state index in [1.54, 1.807) is 6.07 Å². The van der Waals surface area contributed by atoms with Crippen LogP contribution in [-0.2, 0) is 12.1 Å². The lowest BCUT2D eigenvalue weighted by Gasteiger charge is -2.27. The second-order valence-electron chi connectivity index (χ2n) is 6.94. The molecule has 0 unspecified atom stereocenters. The number of nitrogens with one attached hydrogen (secondary N) is 1. The summed E-state index contributed by atoms with van der Waals surface area (Å²) in [6, 6.07) is 7.42. The van der Waals surface area contributed by atoms with Crippen LogP contribution in [0.3, 0.4) is 0 Å². The summed E-state index contributed by atoms with van der Waals surface area (Å²) in [5.74, 6) is 1.64. The predicted octanol–water partition coefficient (Wildman–Crippen LogP) is 2.61. The second kappa shape index (κ2) is 6.02. The molecule has 2 aromatic rings. The predicted molar refractivity (Wildman–Crippen MR) is 88.2 cm³/mol. The molecule has 2 fully saturated rings. The maximum absolute atomic E-state index is 11.3. The number of rotatable bonds is 6. The number of carbonyl (C=O) groups is 1. The van der Waals surface area contributed by atoms with Gasteiger partial charge in [-0.3, -0.25) is 4.79 Å². The van der Waals surface area contributed by atoms with Gasteiger partial charge in [-0.05, 0) is 43.4 Å². The fraction of sp³-hybridized carbons (Fsp3) is 0.500. The summed E-state index contributed by atoms with van der Waals surface area (Å²) in [7, 11) is 0. The van der Waals surface area contributed by atoms with Crippen molar-refractivity contribution in [2.24, 2.45) is 5.73 Å². The van der Waals surface area contributed by atoms with Crippen LogP contribution in [0.1, 0.15) is 72.1 Å². The number of aromatic nitrogens is 2. The molecule has 1 aromatic carbocycles. The summed E-state index contributed by atoms with van der Waals surface area (Å²) >= 11 is 0. The Hall–Kier alpha value is -2.21. The minimum atomic E-state index is -0.403. The monoisotopic (exact) mass is 326 g/mol. The normalized spacial score (nSPS) is 19.5. The smallest absolute Gasteiger partial charge is 0.248 e. The number of benzene rings is 1. The van der Waals surface area contributed by atoms with E-state index < -0.39 is 5.91 Å². The van der Waals surface area contributed by atoms with Crippen molar-refractivity contribution in [1.29, 1.82) is 0 Å². The van der Waals surface area contributed by atoms with Crippen LogP contribution < -0.4 is 11.1 Å². The van der Waals surface area contributed by atoms with E-state index in [1.165, 1.54) is 0 Å². The molecule has 4 rings (SSSR count). The summed E-state index contributed by atoms with van der Waals surface area (Å²) < 4.78 is 5.47. The summed E-state index contributed by atoms with van der Waals surface area (Å²) in [4.78, 5) is 16.0. The minimum Gasteiger partial charge on any atom is -0.366 e. The molecule has 24 heavy (non-hydrogen) atoms. The van der Waals surface area contributed by atoms with E-state index in [0.29, 0.717) is 18.0 Å². The molecule has 2 saturated carbocycles. The highest BCUT2D eigenvalue weighted by Crippen LogP contribution is 2.42. The number of carbonyl (C=O) groups excluding carboxylic acids is 1. The fourth-order valence-corrected chi connectivity index (χ4v) is 3.49. The summed E-state index contributed by atoms with van der Waals surface area (Å²) in [5, 5.41) is 7.90. The Bertz CT molecular complexity index is 745. The average Bonchev–Trinajstić information content (AvgIpc) is 3.12. The van der Waals surface area contributed by atoms with E-state index in [4.69, 9.17) is 10.3 Å². The third kappa shape index (κ3) is 2.94. The maximum atomic E-state index is 11.3. The number of hydrogen-bond donors (Lipinski definition) is 2. The molecule has 0 radical (unpaired) electrons. The zero-order valence-electron chi connectivity index (χ0n) is 13.6. The SMILES string of the molecule is NC(=O)c1cccc(CNC2(c3noc(C4CC4)n3)CCCC2)c1. The number of nitrogens with two attached hydrogens (primary N) is 1. The molecule has 2 aliphatic carbocycles. The molecule has 0 atom stereocenters. The zero-order valence-corrected chi connectivity index (χ0v) is 13.6. The van der Waals surface area contributed by atoms with Crippen LogP contribution in [0.25, 0.3) is 0 Å². The number of primary amides is 1. The van der Waals surface area contributed by atoms with E-state index in [0.717, 1.165) is 55.8 Å². The second-order valence-corrected chi connectivity index (χ2v) is 6.94. The van der Waals surface area contributed by atoms with E-state index in [-0.39, 0.29) is 5.54 Å².